The fraction of sp³-hybridized carbons (Fsp3) is 0.429. The minimum atomic E-state index is 1.05. The summed E-state index contributed by atoms with van der Waals surface area (Å²) in [6.07, 6.45) is 3.48. The summed E-state index contributed by atoms with van der Waals surface area (Å²) in [5, 5.41) is 3.78. The van der Waals surface area contributed by atoms with Gasteiger partial charge in [0, 0.05) is 30.1 Å². The number of benzene rings is 1. The molecular formula is C14H21N2+. The molecule has 0 aliphatic carbocycles. The van der Waals surface area contributed by atoms with Crippen LogP contribution in [0.3, 0.4) is 0 Å². The Labute approximate surface area is 97.3 Å². The van der Waals surface area contributed by atoms with Gasteiger partial charge in [-0.1, -0.05) is 18.2 Å². The molecule has 0 aliphatic rings. The monoisotopic (exact) mass is 217 g/mol. The minimum absolute atomic E-state index is 1.05. The first-order valence-corrected chi connectivity index (χ1v) is 6.25. The molecule has 2 heteroatoms. The van der Waals surface area contributed by atoms with Crippen molar-refractivity contribution in [1.82, 2.24) is 4.57 Å². The van der Waals surface area contributed by atoms with Gasteiger partial charge in [0.15, 0.2) is 0 Å². The van der Waals surface area contributed by atoms with Crippen molar-refractivity contribution in [2.24, 2.45) is 0 Å². The topological polar surface area (TPSA) is 21.5 Å². The Morgan fingerprint density at radius 2 is 2.00 bits per heavy atom. The molecule has 16 heavy (non-hydrogen) atoms. The van der Waals surface area contributed by atoms with Gasteiger partial charge in [0.25, 0.3) is 0 Å². The second kappa shape index (κ2) is 5.17. The fourth-order valence-electron chi connectivity index (χ4n) is 2.25. The van der Waals surface area contributed by atoms with Crippen molar-refractivity contribution < 1.29 is 5.32 Å². The van der Waals surface area contributed by atoms with Crippen LogP contribution < -0.4 is 5.32 Å². The number of fused-ring (bicyclic) bond motifs is 1. The smallest absolute Gasteiger partial charge is 0.0797 e. The van der Waals surface area contributed by atoms with Gasteiger partial charge in [-0.3, -0.25) is 0 Å². The molecule has 2 aromatic rings. The Morgan fingerprint density at radius 3 is 2.75 bits per heavy atom. The van der Waals surface area contributed by atoms with Crippen LogP contribution in [0.1, 0.15) is 19.4 Å². The molecule has 1 heterocycles. The van der Waals surface area contributed by atoms with Crippen LogP contribution in [0.5, 0.6) is 0 Å². The van der Waals surface area contributed by atoms with Gasteiger partial charge in [0.05, 0.1) is 13.1 Å². The quantitative estimate of drug-likeness (QED) is 0.738. The zero-order valence-electron chi connectivity index (χ0n) is 10.2. The molecule has 0 saturated carbocycles. The standard InChI is InChI=1S/C14H20N2/c1-3-15-10-9-12-11-16(4-2)14-8-6-5-7-13(12)14/h5-8,11,15H,3-4,9-10H2,1-2H3/p+1. The zero-order chi connectivity index (χ0) is 11.4. The van der Waals surface area contributed by atoms with Crippen LogP contribution >= 0.6 is 0 Å². The normalized spacial score (nSPS) is 11.1. The highest BCUT2D eigenvalue weighted by atomic mass is 14.9. The molecule has 86 valence electrons. The van der Waals surface area contributed by atoms with Gasteiger partial charge in [-0.2, -0.15) is 0 Å². The summed E-state index contributed by atoms with van der Waals surface area (Å²) in [7, 11) is 0. The second-order valence-electron chi connectivity index (χ2n) is 4.19. The van der Waals surface area contributed by atoms with Crippen molar-refractivity contribution in [3.8, 4) is 0 Å². The predicted octanol–water partition coefficient (Wildman–Crippen LogP) is 1.79. The number of rotatable bonds is 5. The number of aromatic nitrogens is 1. The Kier molecular flexibility index (Phi) is 3.62. The Balaban J connectivity index is 2.30. The van der Waals surface area contributed by atoms with E-state index in [1.807, 2.05) is 0 Å². The van der Waals surface area contributed by atoms with Crippen LogP contribution in [0.15, 0.2) is 30.5 Å². The maximum absolute atomic E-state index is 2.36. The maximum atomic E-state index is 2.36. The van der Waals surface area contributed by atoms with Crippen molar-refractivity contribution >= 4 is 10.9 Å². The summed E-state index contributed by atoms with van der Waals surface area (Å²) in [4.78, 5) is 0. The summed E-state index contributed by atoms with van der Waals surface area (Å²) in [6, 6.07) is 8.71. The van der Waals surface area contributed by atoms with E-state index in [1.54, 1.807) is 0 Å². The van der Waals surface area contributed by atoms with Gasteiger partial charge in [0.1, 0.15) is 0 Å². The number of quaternary nitrogens is 1. The minimum Gasteiger partial charge on any atom is -0.347 e. The number of hydrogen-bond acceptors (Lipinski definition) is 0. The average Bonchev–Trinajstić information content (AvgIpc) is 2.68. The molecule has 0 radical (unpaired) electrons. The van der Waals surface area contributed by atoms with Crippen LogP contribution in [-0.2, 0) is 13.0 Å². The van der Waals surface area contributed by atoms with Crippen molar-refractivity contribution in [3.05, 3.63) is 36.0 Å². The second-order valence-corrected chi connectivity index (χ2v) is 4.19. The number of nitrogens with two attached hydrogens (primary N) is 1. The molecule has 0 saturated heterocycles. The van der Waals surface area contributed by atoms with Crippen molar-refractivity contribution in [1.29, 1.82) is 0 Å². The first kappa shape index (κ1) is 11.2. The highest BCUT2D eigenvalue weighted by Gasteiger charge is 2.06. The molecule has 0 bridgehead atoms. The van der Waals surface area contributed by atoms with Crippen molar-refractivity contribution in [3.63, 3.8) is 0 Å². The number of nitrogens with zero attached hydrogens (tertiary/aromatic N) is 1. The zero-order valence-corrected chi connectivity index (χ0v) is 10.2. The van der Waals surface area contributed by atoms with Crippen molar-refractivity contribution in [2.45, 2.75) is 26.8 Å². The van der Waals surface area contributed by atoms with Gasteiger partial charge in [-0.15, -0.1) is 0 Å². The molecule has 2 rings (SSSR count). The summed E-state index contributed by atoms with van der Waals surface area (Å²) in [6.45, 7) is 7.82. The summed E-state index contributed by atoms with van der Waals surface area (Å²) in [5.41, 5.74) is 2.86. The first-order valence-electron chi connectivity index (χ1n) is 6.25. The van der Waals surface area contributed by atoms with Crippen LogP contribution in [-0.4, -0.2) is 17.7 Å². The predicted molar refractivity (Wildman–Crippen MR) is 68.6 cm³/mol. The van der Waals surface area contributed by atoms with Crippen LogP contribution in [0.25, 0.3) is 10.9 Å². The van der Waals surface area contributed by atoms with E-state index in [9.17, 15) is 0 Å². The maximum Gasteiger partial charge on any atom is 0.0797 e. The van der Waals surface area contributed by atoms with Crippen LogP contribution in [0.4, 0.5) is 0 Å². The van der Waals surface area contributed by atoms with Gasteiger partial charge >= 0.3 is 0 Å². The molecule has 0 spiro atoms. The molecule has 1 aromatic heterocycles. The summed E-state index contributed by atoms with van der Waals surface area (Å²) >= 11 is 0. The van der Waals surface area contributed by atoms with E-state index >= 15 is 0 Å². The van der Waals surface area contributed by atoms with E-state index in [1.165, 1.54) is 36.0 Å². The van der Waals surface area contributed by atoms with Crippen LogP contribution in [0.2, 0.25) is 0 Å². The highest BCUT2D eigenvalue weighted by molar-refractivity contribution is 5.83. The molecule has 0 fully saturated rings. The lowest BCUT2D eigenvalue weighted by Crippen LogP contribution is -2.84. The van der Waals surface area contributed by atoms with E-state index in [2.05, 4.69) is 54.2 Å². The number of aryl methyl sites for hydroxylation is 1. The average molecular weight is 217 g/mol. The summed E-state index contributed by atoms with van der Waals surface area (Å²) < 4.78 is 2.34. The van der Waals surface area contributed by atoms with E-state index in [4.69, 9.17) is 0 Å². The SMILES string of the molecule is CC[NH2+]CCc1cn(CC)c2ccccc12. The van der Waals surface area contributed by atoms with E-state index in [-0.39, 0.29) is 0 Å². The molecule has 1 aromatic carbocycles. The molecule has 0 atom stereocenters. The summed E-state index contributed by atoms with van der Waals surface area (Å²) in [5.74, 6) is 0. The third-order valence-corrected chi connectivity index (χ3v) is 3.12. The lowest BCUT2D eigenvalue weighted by molar-refractivity contribution is -0.651. The van der Waals surface area contributed by atoms with Gasteiger partial charge < -0.3 is 9.88 Å². The highest BCUT2D eigenvalue weighted by Crippen LogP contribution is 2.21. The number of likely N-dealkylation sites (N-methyl/N-ethyl adjacent to an activating group) is 1. The molecule has 2 nitrogen and oxygen atoms in total. The molecular weight excluding hydrogens is 196 g/mol. The van der Waals surface area contributed by atoms with Gasteiger partial charge in [-0.05, 0) is 25.5 Å². The Hall–Kier alpha value is -1.28. The van der Waals surface area contributed by atoms with Gasteiger partial charge in [0.2, 0.25) is 0 Å². The third kappa shape index (κ3) is 2.12. The largest absolute Gasteiger partial charge is 0.347 e. The van der Waals surface area contributed by atoms with Crippen LogP contribution in [0, 0.1) is 0 Å². The first-order chi connectivity index (χ1) is 7.86. The lowest BCUT2D eigenvalue weighted by Gasteiger charge is -1.98. The fourth-order valence-corrected chi connectivity index (χ4v) is 2.25. The van der Waals surface area contributed by atoms with E-state index in [0.29, 0.717) is 0 Å². The van der Waals surface area contributed by atoms with Gasteiger partial charge in [-0.25, -0.2) is 0 Å². The number of hydrogen-bond donors (Lipinski definition) is 1. The molecule has 0 aliphatic heterocycles. The Morgan fingerprint density at radius 1 is 1.19 bits per heavy atom. The molecule has 2 N–H and O–H groups in total. The third-order valence-electron chi connectivity index (χ3n) is 3.12. The molecule has 0 amide bonds. The number of para-hydroxylation sites is 1. The van der Waals surface area contributed by atoms with E-state index < -0.39 is 0 Å². The molecule has 0 unspecified atom stereocenters. The van der Waals surface area contributed by atoms with E-state index in [0.717, 1.165) is 6.54 Å². The van der Waals surface area contributed by atoms with Crippen molar-refractivity contribution in [2.75, 3.05) is 13.1 Å². The lowest BCUT2D eigenvalue weighted by atomic mass is 10.1. The Bertz CT molecular complexity index is 457.